The van der Waals surface area contributed by atoms with E-state index >= 15 is 0 Å². The molecule has 0 aliphatic carbocycles. The van der Waals surface area contributed by atoms with Crippen LogP contribution in [-0.2, 0) is 4.79 Å². The summed E-state index contributed by atoms with van der Waals surface area (Å²) in [6.07, 6.45) is 5.56. The largest absolute Gasteiger partial charge is 0.430 e. The number of carbonyl (C=O) groups excluding carboxylic acids is 1. The number of hydrogen-bond acceptors (Lipinski definition) is 4. The topological polar surface area (TPSA) is 36.0 Å². The Bertz CT molecular complexity index is 1440. The Balaban J connectivity index is 1.54. The maximum absolute atomic E-state index is 13.6. The lowest BCUT2D eigenvalue weighted by Gasteiger charge is -2.19. The number of rotatable bonds is 8. The quantitative estimate of drug-likeness (QED) is 0.140. The Morgan fingerprint density at radius 1 is 0.838 bits per heavy atom. The number of hydrogen-bond donors (Lipinski definition) is 0. The van der Waals surface area contributed by atoms with Gasteiger partial charge in [-0.25, -0.2) is 0 Å². The van der Waals surface area contributed by atoms with Crippen molar-refractivity contribution in [1.29, 1.82) is 0 Å². The molecule has 3 aromatic carbocycles. The van der Waals surface area contributed by atoms with Crippen molar-refractivity contribution in [2.45, 2.75) is 46.0 Å². The molecule has 1 fully saturated rings. The summed E-state index contributed by atoms with van der Waals surface area (Å²) in [6.45, 7) is 5.56. The molecule has 37 heavy (non-hydrogen) atoms. The number of fused-ring (bicyclic) bond motifs is 3. The van der Waals surface area contributed by atoms with Gasteiger partial charge in [0.05, 0.1) is 5.69 Å². The van der Waals surface area contributed by atoms with Gasteiger partial charge in [-0.1, -0.05) is 81.1 Å². The van der Waals surface area contributed by atoms with Crippen molar-refractivity contribution >= 4 is 45.4 Å². The maximum Gasteiger partial charge on any atom is 0.285 e. The van der Waals surface area contributed by atoms with Crippen LogP contribution in [0.4, 0.5) is 11.4 Å². The second kappa shape index (κ2) is 11.1. The number of nitrogens with zero attached hydrogens (tertiary/aromatic N) is 3. The lowest BCUT2D eigenvalue weighted by atomic mass is 10.1. The highest BCUT2D eigenvalue weighted by atomic mass is 32.1. The van der Waals surface area contributed by atoms with Gasteiger partial charge in [-0.3, -0.25) is 14.6 Å². The van der Waals surface area contributed by atoms with Crippen molar-refractivity contribution in [3.05, 3.63) is 89.8 Å². The Labute approximate surface area is 223 Å². The van der Waals surface area contributed by atoms with Crippen molar-refractivity contribution in [3.8, 4) is 5.75 Å². The fraction of sp³-hybridized carbons (Fsp3) is 0.290. The van der Waals surface area contributed by atoms with E-state index in [1.54, 1.807) is 9.80 Å². The molecule has 188 valence electrons. The summed E-state index contributed by atoms with van der Waals surface area (Å²) in [4.78, 5) is 19.1. The number of para-hydroxylation sites is 1. The van der Waals surface area contributed by atoms with E-state index in [9.17, 15) is 4.79 Å². The molecule has 0 aromatic heterocycles. The number of carbonyl (C=O) groups is 1. The third-order valence-corrected chi connectivity index (χ3v) is 7.19. The van der Waals surface area contributed by atoms with E-state index in [0.29, 0.717) is 29.8 Å². The lowest BCUT2D eigenvalue weighted by Crippen LogP contribution is -2.33. The van der Waals surface area contributed by atoms with E-state index in [0.717, 1.165) is 40.7 Å². The Hall–Kier alpha value is -3.82. The van der Waals surface area contributed by atoms with E-state index in [-0.39, 0.29) is 5.91 Å². The molecule has 3 aromatic rings. The highest BCUT2D eigenvalue weighted by Gasteiger charge is 2.39. The molecule has 5 rings (SSSR count). The Kier molecular flexibility index (Phi) is 7.43. The molecule has 5 nitrogen and oxygen atoms in total. The average molecular weight is 510 g/mol. The van der Waals surface area contributed by atoms with Gasteiger partial charge in [0.1, 0.15) is 0 Å². The first-order valence-electron chi connectivity index (χ1n) is 13.1. The van der Waals surface area contributed by atoms with Gasteiger partial charge in [0.15, 0.2) is 16.6 Å². The van der Waals surface area contributed by atoms with Crippen LogP contribution in [0.1, 0.15) is 46.0 Å². The van der Waals surface area contributed by atoms with Crippen molar-refractivity contribution < 1.29 is 9.53 Å². The van der Waals surface area contributed by atoms with Crippen LogP contribution in [0.15, 0.2) is 89.8 Å². The standard InChI is InChI=1S/C31H31N3O2S/c1-3-5-6-7-13-22-33-30(35)27(34(31(33)37)24-15-9-8-10-16-24)20-21-28-32(4-2)26-19-18-23-14-11-12-17-25(23)29(26)36-28/h8-12,14-19H,3-7,13,22H2,1-2H3. The average Bonchev–Trinajstić information content (AvgIpc) is 3.41. The van der Waals surface area contributed by atoms with Crippen molar-refractivity contribution in [2.75, 3.05) is 22.9 Å². The molecule has 2 aliphatic rings. The van der Waals surface area contributed by atoms with E-state index in [1.165, 1.54) is 19.3 Å². The molecule has 1 saturated heterocycles. The van der Waals surface area contributed by atoms with Crippen LogP contribution in [0, 0.1) is 0 Å². The van der Waals surface area contributed by atoms with Crippen molar-refractivity contribution in [1.82, 2.24) is 4.90 Å². The smallest absolute Gasteiger partial charge is 0.285 e. The van der Waals surface area contributed by atoms with Gasteiger partial charge in [-0.15, -0.1) is 0 Å². The molecule has 2 aliphatic heterocycles. The summed E-state index contributed by atoms with van der Waals surface area (Å²) in [5.41, 5.74) is 8.50. The summed E-state index contributed by atoms with van der Waals surface area (Å²) in [7, 11) is 0. The van der Waals surface area contributed by atoms with Crippen molar-refractivity contribution in [3.63, 3.8) is 0 Å². The molecular weight excluding hydrogens is 478 g/mol. The van der Waals surface area contributed by atoms with Gasteiger partial charge in [-0.2, -0.15) is 0 Å². The zero-order valence-corrected chi connectivity index (χ0v) is 22.2. The van der Waals surface area contributed by atoms with Gasteiger partial charge < -0.3 is 9.64 Å². The summed E-state index contributed by atoms with van der Waals surface area (Å²) in [5.74, 6) is 1.17. The fourth-order valence-corrected chi connectivity index (χ4v) is 5.23. The molecule has 0 radical (unpaired) electrons. The molecule has 0 bridgehead atoms. The van der Waals surface area contributed by atoms with Crippen molar-refractivity contribution in [2.24, 2.45) is 0 Å². The molecule has 0 N–H and O–H groups in total. The summed E-state index contributed by atoms with van der Waals surface area (Å²) >= 11 is 5.80. The third-order valence-electron chi connectivity index (χ3n) is 6.79. The zero-order chi connectivity index (χ0) is 25.8. The van der Waals surface area contributed by atoms with E-state index in [2.05, 4.69) is 49.6 Å². The maximum atomic E-state index is 13.6. The molecule has 0 saturated carbocycles. The summed E-state index contributed by atoms with van der Waals surface area (Å²) in [6, 6.07) is 22.0. The number of benzene rings is 3. The van der Waals surface area contributed by atoms with Crippen LogP contribution in [0.25, 0.3) is 10.8 Å². The SMILES string of the molecule is CCCCCCCN1C(=O)C(=C=C=C2Oc3c(ccc4ccccc34)N2CC)N(c2ccccc2)C1=S. The Morgan fingerprint density at radius 3 is 2.38 bits per heavy atom. The number of ether oxygens (including phenoxy) is 1. The summed E-state index contributed by atoms with van der Waals surface area (Å²) in [5, 5.41) is 2.64. The number of thiocarbonyl (C=S) groups is 1. The van der Waals surface area contributed by atoms with Gasteiger partial charge in [0, 0.05) is 24.2 Å². The molecule has 0 unspecified atom stereocenters. The molecule has 6 heteroatoms. The highest BCUT2D eigenvalue weighted by Crippen LogP contribution is 2.43. The first-order chi connectivity index (χ1) is 18.1. The van der Waals surface area contributed by atoms with Crippen LogP contribution in [0.3, 0.4) is 0 Å². The van der Waals surface area contributed by atoms with Crippen LogP contribution in [-0.4, -0.2) is 29.0 Å². The molecule has 0 spiro atoms. The molecule has 1 amide bonds. The molecular formula is C31H31N3O2S. The third kappa shape index (κ3) is 4.80. The van der Waals surface area contributed by atoms with Gasteiger partial charge in [0.25, 0.3) is 11.8 Å². The summed E-state index contributed by atoms with van der Waals surface area (Å²) < 4.78 is 6.30. The van der Waals surface area contributed by atoms with Gasteiger partial charge >= 0.3 is 0 Å². The lowest BCUT2D eigenvalue weighted by molar-refractivity contribution is -0.122. The molecule has 2 heterocycles. The van der Waals surface area contributed by atoms with Gasteiger partial charge in [-0.05, 0) is 60.6 Å². The minimum absolute atomic E-state index is 0.151. The molecule has 0 atom stereocenters. The van der Waals surface area contributed by atoms with Crippen LogP contribution in [0.5, 0.6) is 5.75 Å². The minimum Gasteiger partial charge on any atom is -0.430 e. The number of amides is 1. The predicted molar refractivity (Wildman–Crippen MR) is 154 cm³/mol. The highest BCUT2D eigenvalue weighted by molar-refractivity contribution is 7.80. The predicted octanol–water partition coefficient (Wildman–Crippen LogP) is 7.14. The van der Waals surface area contributed by atoms with Crippen LogP contribution in [0.2, 0.25) is 0 Å². The van der Waals surface area contributed by atoms with Crippen LogP contribution < -0.4 is 14.5 Å². The monoisotopic (exact) mass is 509 g/mol. The van der Waals surface area contributed by atoms with Gasteiger partial charge in [0.2, 0.25) is 0 Å². The Morgan fingerprint density at radius 2 is 1.59 bits per heavy atom. The zero-order valence-electron chi connectivity index (χ0n) is 21.4. The normalized spacial score (nSPS) is 14.8. The van der Waals surface area contributed by atoms with E-state index in [4.69, 9.17) is 17.0 Å². The second-order valence-corrected chi connectivity index (χ2v) is 9.57. The fourth-order valence-electron chi connectivity index (χ4n) is 4.86. The minimum atomic E-state index is -0.151. The number of unbranched alkanes of at least 4 members (excludes halogenated alkanes) is 4. The van der Waals surface area contributed by atoms with E-state index < -0.39 is 0 Å². The first kappa shape index (κ1) is 24.9. The van der Waals surface area contributed by atoms with E-state index in [1.807, 2.05) is 47.4 Å². The second-order valence-electron chi connectivity index (χ2n) is 9.21. The number of anilines is 2. The van der Waals surface area contributed by atoms with Crippen LogP contribution >= 0.6 is 12.2 Å². The first-order valence-corrected chi connectivity index (χ1v) is 13.5.